The maximum absolute atomic E-state index is 12.2. The van der Waals surface area contributed by atoms with Gasteiger partial charge >= 0.3 is 5.97 Å². The predicted octanol–water partition coefficient (Wildman–Crippen LogP) is -0.223. The summed E-state index contributed by atoms with van der Waals surface area (Å²) < 4.78 is 27.8. The second kappa shape index (κ2) is 6.65. The van der Waals surface area contributed by atoms with Crippen molar-refractivity contribution in [1.29, 1.82) is 0 Å². The molecule has 1 rings (SSSR count). The van der Waals surface area contributed by atoms with Crippen molar-refractivity contribution in [1.82, 2.24) is 9.03 Å². The van der Waals surface area contributed by atoms with Crippen molar-refractivity contribution < 1.29 is 23.4 Å². The lowest BCUT2D eigenvalue weighted by Crippen LogP contribution is -2.55. The Labute approximate surface area is 113 Å². The number of aliphatic carboxylic acids is 1. The van der Waals surface area contributed by atoms with Gasteiger partial charge in [-0.25, -0.2) is 0 Å². The second-order valence-corrected chi connectivity index (χ2v) is 6.77. The van der Waals surface area contributed by atoms with Crippen LogP contribution in [-0.2, 0) is 15.0 Å². The van der Waals surface area contributed by atoms with Crippen LogP contribution < -0.4 is 4.72 Å². The van der Waals surface area contributed by atoms with Crippen LogP contribution in [0.15, 0.2) is 0 Å². The largest absolute Gasteiger partial charge is 0.480 e. The molecule has 1 aliphatic rings. The van der Waals surface area contributed by atoms with Crippen LogP contribution in [0.4, 0.5) is 0 Å². The molecule has 7 nitrogen and oxygen atoms in total. The van der Waals surface area contributed by atoms with Crippen molar-refractivity contribution in [2.75, 3.05) is 13.2 Å². The van der Waals surface area contributed by atoms with Crippen LogP contribution in [0.1, 0.15) is 33.1 Å². The van der Waals surface area contributed by atoms with E-state index in [2.05, 4.69) is 4.72 Å². The zero-order chi connectivity index (χ0) is 14.6. The van der Waals surface area contributed by atoms with Gasteiger partial charge in [-0.3, -0.25) is 4.79 Å². The third-order valence-electron chi connectivity index (χ3n) is 3.35. The molecule has 19 heavy (non-hydrogen) atoms. The van der Waals surface area contributed by atoms with Gasteiger partial charge in [0.25, 0.3) is 10.2 Å². The first kappa shape index (κ1) is 16.4. The first-order valence-corrected chi connectivity index (χ1v) is 7.86. The fourth-order valence-electron chi connectivity index (χ4n) is 2.08. The third-order valence-corrected chi connectivity index (χ3v) is 5.00. The number of carboxylic acids is 1. The van der Waals surface area contributed by atoms with Crippen LogP contribution in [0, 0.1) is 5.92 Å². The molecule has 112 valence electrons. The molecule has 0 aliphatic carbocycles. The Morgan fingerprint density at radius 2 is 2.05 bits per heavy atom. The van der Waals surface area contributed by atoms with Gasteiger partial charge in [-0.2, -0.15) is 17.4 Å². The molecule has 1 aliphatic heterocycles. The highest BCUT2D eigenvalue weighted by atomic mass is 32.2. The predicted molar refractivity (Wildman–Crippen MR) is 69.7 cm³/mol. The highest BCUT2D eigenvalue weighted by Crippen LogP contribution is 2.20. The van der Waals surface area contributed by atoms with Crippen molar-refractivity contribution in [2.45, 2.75) is 45.2 Å². The average molecular weight is 294 g/mol. The van der Waals surface area contributed by atoms with Gasteiger partial charge in [0.05, 0.1) is 6.61 Å². The molecule has 0 saturated carbocycles. The van der Waals surface area contributed by atoms with Gasteiger partial charge in [0, 0.05) is 12.6 Å². The molecule has 0 aromatic heterocycles. The van der Waals surface area contributed by atoms with Crippen LogP contribution in [0.5, 0.6) is 0 Å². The van der Waals surface area contributed by atoms with Gasteiger partial charge in [-0.15, -0.1) is 0 Å². The smallest absolute Gasteiger partial charge is 0.322 e. The molecule has 3 N–H and O–H groups in total. The fraction of sp³-hybridized carbons (Fsp3) is 0.909. The molecule has 0 aromatic carbocycles. The minimum absolute atomic E-state index is 0.0761. The quantitative estimate of drug-likeness (QED) is 0.627. The van der Waals surface area contributed by atoms with Crippen LogP contribution in [-0.4, -0.2) is 54.1 Å². The molecule has 0 bridgehead atoms. The molecule has 0 spiro atoms. The lowest BCUT2D eigenvalue weighted by Gasteiger charge is -2.33. The van der Waals surface area contributed by atoms with E-state index >= 15 is 0 Å². The third kappa shape index (κ3) is 4.13. The monoisotopic (exact) mass is 294 g/mol. The summed E-state index contributed by atoms with van der Waals surface area (Å²) in [5.74, 6) is -1.21. The number of nitrogens with zero attached hydrogens (tertiary/aromatic N) is 1. The van der Waals surface area contributed by atoms with E-state index in [-0.39, 0.29) is 19.1 Å². The number of nitrogens with one attached hydrogen (secondary N) is 1. The Bertz CT molecular complexity index is 409. The van der Waals surface area contributed by atoms with E-state index in [9.17, 15) is 18.3 Å². The minimum atomic E-state index is -3.89. The van der Waals surface area contributed by atoms with Crippen molar-refractivity contribution >= 4 is 16.2 Å². The first-order chi connectivity index (χ1) is 8.79. The van der Waals surface area contributed by atoms with Crippen molar-refractivity contribution in [3.8, 4) is 0 Å². The summed E-state index contributed by atoms with van der Waals surface area (Å²) in [6, 6.07) is -1.63. The Kier molecular flexibility index (Phi) is 5.72. The Morgan fingerprint density at radius 3 is 2.53 bits per heavy atom. The second-order valence-electron chi connectivity index (χ2n) is 5.12. The van der Waals surface area contributed by atoms with Gasteiger partial charge in [0.2, 0.25) is 0 Å². The van der Waals surface area contributed by atoms with E-state index in [4.69, 9.17) is 5.11 Å². The first-order valence-electron chi connectivity index (χ1n) is 6.42. The molecule has 1 saturated heterocycles. The van der Waals surface area contributed by atoms with Crippen molar-refractivity contribution in [3.63, 3.8) is 0 Å². The number of carbonyl (C=O) groups is 1. The normalized spacial score (nSPS) is 23.5. The fourth-order valence-corrected chi connectivity index (χ4v) is 3.85. The number of aliphatic hydroxyl groups excluding tert-OH is 1. The van der Waals surface area contributed by atoms with Gasteiger partial charge in [0.15, 0.2) is 0 Å². The molecular formula is C11H22N2O5S. The Balaban J connectivity index is 2.87. The highest BCUT2D eigenvalue weighted by molar-refractivity contribution is 7.87. The molecule has 0 aromatic rings. The van der Waals surface area contributed by atoms with Crippen molar-refractivity contribution in [2.24, 2.45) is 5.92 Å². The van der Waals surface area contributed by atoms with E-state index in [1.165, 1.54) is 0 Å². The lowest BCUT2D eigenvalue weighted by atomic mass is 10.1. The molecule has 2 unspecified atom stereocenters. The summed E-state index contributed by atoms with van der Waals surface area (Å²) in [6.07, 6.45) is 1.68. The molecule has 0 radical (unpaired) electrons. The number of hydrogen-bond acceptors (Lipinski definition) is 4. The summed E-state index contributed by atoms with van der Waals surface area (Å²) in [5, 5.41) is 18.3. The van der Waals surface area contributed by atoms with Gasteiger partial charge in [-0.05, 0) is 25.2 Å². The zero-order valence-electron chi connectivity index (χ0n) is 11.2. The van der Waals surface area contributed by atoms with E-state index in [1.54, 1.807) is 13.8 Å². The van der Waals surface area contributed by atoms with E-state index in [0.717, 1.165) is 4.31 Å². The maximum atomic E-state index is 12.2. The number of piperidine rings is 1. The van der Waals surface area contributed by atoms with Crippen LogP contribution >= 0.6 is 0 Å². The number of rotatable bonds is 6. The number of aliphatic hydroxyl groups is 1. The molecule has 8 heteroatoms. The molecule has 1 fully saturated rings. The average Bonchev–Trinajstić information content (AvgIpc) is 2.35. The summed E-state index contributed by atoms with van der Waals surface area (Å²) in [5.41, 5.74) is 0. The van der Waals surface area contributed by atoms with Crippen LogP contribution in [0.2, 0.25) is 0 Å². The standard InChI is InChI=1S/C11H22N2O5S/c1-8(2)9(7-14)12-19(17,18)13-6-4-3-5-10(13)11(15)16/h8-10,12,14H,3-7H2,1-2H3,(H,15,16). The summed E-state index contributed by atoms with van der Waals surface area (Å²) >= 11 is 0. The molecule has 2 atom stereocenters. The van der Waals surface area contributed by atoms with Gasteiger partial charge in [-0.1, -0.05) is 13.8 Å². The number of carboxylic acid groups (broad SMARTS) is 1. The Hall–Kier alpha value is -0.700. The lowest BCUT2D eigenvalue weighted by molar-refractivity contribution is -0.142. The summed E-state index contributed by atoms with van der Waals surface area (Å²) in [6.45, 7) is 3.45. The maximum Gasteiger partial charge on any atom is 0.322 e. The zero-order valence-corrected chi connectivity index (χ0v) is 12.1. The molecule has 1 heterocycles. The Morgan fingerprint density at radius 1 is 1.42 bits per heavy atom. The van der Waals surface area contributed by atoms with E-state index < -0.39 is 28.3 Å². The topological polar surface area (TPSA) is 107 Å². The van der Waals surface area contributed by atoms with E-state index in [1.807, 2.05) is 0 Å². The van der Waals surface area contributed by atoms with Crippen LogP contribution in [0.25, 0.3) is 0 Å². The molecular weight excluding hydrogens is 272 g/mol. The van der Waals surface area contributed by atoms with Crippen LogP contribution in [0.3, 0.4) is 0 Å². The minimum Gasteiger partial charge on any atom is -0.480 e. The van der Waals surface area contributed by atoms with E-state index in [0.29, 0.717) is 19.3 Å². The SMILES string of the molecule is CC(C)C(CO)NS(=O)(=O)N1CCCCC1C(=O)O. The highest BCUT2D eigenvalue weighted by Gasteiger charge is 2.37. The summed E-state index contributed by atoms with van der Waals surface area (Å²) in [4.78, 5) is 11.1. The van der Waals surface area contributed by atoms with Crippen molar-refractivity contribution in [3.05, 3.63) is 0 Å². The van der Waals surface area contributed by atoms with Gasteiger partial charge < -0.3 is 10.2 Å². The van der Waals surface area contributed by atoms with Gasteiger partial charge in [0.1, 0.15) is 6.04 Å². The summed E-state index contributed by atoms with van der Waals surface area (Å²) in [7, 11) is -3.89. The molecule has 0 amide bonds. The number of hydrogen-bond donors (Lipinski definition) is 3.